The molecule has 0 aliphatic carbocycles. The average molecular weight is 288 g/mol. The van der Waals surface area contributed by atoms with Gasteiger partial charge in [-0.3, -0.25) is 5.32 Å². The lowest BCUT2D eigenvalue weighted by Crippen LogP contribution is -2.27. The highest BCUT2D eigenvalue weighted by atomic mass is 16.6. The van der Waals surface area contributed by atoms with Crippen LogP contribution in [0.3, 0.4) is 0 Å². The molecule has 0 unspecified atom stereocenters. The molecule has 5 nitrogen and oxygen atoms in total. The number of ether oxygens (including phenoxy) is 1. The quantitative estimate of drug-likeness (QED) is 0.883. The Kier molecular flexibility index (Phi) is 4.52. The Morgan fingerprint density at radius 2 is 2.00 bits per heavy atom. The zero-order chi connectivity index (χ0) is 15.3. The Balaban J connectivity index is 1.92. The number of carbonyl (C=O) groups is 1. The first-order valence-corrected chi connectivity index (χ1v) is 6.77. The molecule has 1 aromatic carbocycles. The van der Waals surface area contributed by atoms with Crippen molar-refractivity contribution in [3.8, 4) is 0 Å². The molecular formula is C16H20N2O3. The predicted octanol–water partition coefficient (Wildman–Crippen LogP) is 4.24. The summed E-state index contributed by atoms with van der Waals surface area (Å²) in [5, 5.41) is 5.97. The standard InChI is InChI=1S/C16H20N2O3/c1-16(2,3)21-15(19)18-14-6-4-5-13(9-14)17-10-12-7-8-20-11-12/h4-9,11,17H,10H2,1-3H3,(H,18,19). The minimum absolute atomic E-state index is 0.463. The van der Waals surface area contributed by atoms with Crippen LogP contribution in [0.5, 0.6) is 0 Å². The molecule has 0 saturated heterocycles. The fourth-order valence-corrected chi connectivity index (χ4v) is 1.73. The van der Waals surface area contributed by atoms with E-state index in [0.29, 0.717) is 12.2 Å². The van der Waals surface area contributed by atoms with Crippen LogP contribution in [0.1, 0.15) is 26.3 Å². The second-order valence-electron chi connectivity index (χ2n) is 5.69. The van der Waals surface area contributed by atoms with E-state index in [1.807, 2.05) is 51.1 Å². The Labute approximate surface area is 124 Å². The lowest BCUT2D eigenvalue weighted by molar-refractivity contribution is 0.0636. The van der Waals surface area contributed by atoms with Gasteiger partial charge in [0.05, 0.1) is 12.5 Å². The topological polar surface area (TPSA) is 63.5 Å². The highest BCUT2D eigenvalue weighted by Gasteiger charge is 2.16. The average Bonchev–Trinajstić information content (AvgIpc) is 2.87. The van der Waals surface area contributed by atoms with Crippen molar-refractivity contribution in [3.63, 3.8) is 0 Å². The fourth-order valence-electron chi connectivity index (χ4n) is 1.73. The summed E-state index contributed by atoms with van der Waals surface area (Å²) in [6, 6.07) is 9.36. The maximum atomic E-state index is 11.7. The van der Waals surface area contributed by atoms with Gasteiger partial charge in [0, 0.05) is 23.5 Å². The van der Waals surface area contributed by atoms with Gasteiger partial charge in [0.1, 0.15) is 5.60 Å². The third-order valence-electron chi connectivity index (χ3n) is 2.58. The van der Waals surface area contributed by atoms with E-state index in [9.17, 15) is 4.79 Å². The van der Waals surface area contributed by atoms with Crippen molar-refractivity contribution in [2.75, 3.05) is 10.6 Å². The largest absolute Gasteiger partial charge is 0.472 e. The molecule has 0 radical (unpaired) electrons. The van der Waals surface area contributed by atoms with Crippen LogP contribution >= 0.6 is 0 Å². The number of carbonyl (C=O) groups excluding carboxylic acids is 1. The van der Waals surface area contributed by atoms with Gasteiger partial charge in [-0.15, -0.1) is 0 Å². The maximum Gasteiger partial charge on any atom is 0.412 e. The molecule has 0 fully saturated rings. The molecule has 5 heteroatoms. The summed E-state index contributed by atoms with van der Waals surface area (Å²) in [6.07, 6.45) is 2.86. The van der Waals surface area contributed by atoms with Crippen molar-refractivity contribution in [2.24, 2.45) is 0 Å². The molecule has 0 aliphatic rings. The third kappa shape index (κ3) is 5.22. The van der Waals surface area contributed by atoms with Gasteiger partial charge in [0.15, 0.2) is 0 Å². The van der Waals surface area contributed by atoms with Crippen LogP contribution in [-0.2, 0) is 11.3 Å². The molecule has 0 spiro atoms. The van der Waals surface area contributed by atoms with E-state index in [1.54, 1.807) is 12.5 Å². The Morgan fingerprint density at radius 3 is 2.67 bits per heavy atom. The molecule has 0 aliphatic heterocycles. The molecule has 2 N–H and O–H groups in total. The SMILES string of the molecule is CC(C)(C)OC(=O)Nc1cccc(NCc2ccoc2)c1. The molecular weight excluding hydrogens is 268 g/mol. The first-order valence-electron chi connectivity index (χ1n) is 6.77. The lowest BCUT2D eigenvalue weighted by atomic mass is 10.2. The van der Waals surface area contributed by atoms with Crippen LogP contribution in [-0.4, -0.2) is 11.7 Å². The van der Waals surface area contributed by atoms with E-state index >= 15 is 0 Å². The number of furan rings is 1. The summed E-state index contributed by atoms with van der Waals surface area (Å²) in [4.78, 5) is 11.7. The zero-order valence-electron chi connectivity index (χ0n) is 12.5. The molecule has 2 rings (SSSR count). The van der Waals surface area contributed by atoms with Crippen LogP contribution in [0, 0.1) is 0 Å². The number of rotatable bonds is 4. The Morgan fingerprint density at radius 1 is 1.24 bits per heavy atom. The van der Waals surface area contributed by atoms with Gasteiger partial charge >= 0.3 is 6.09 Å². The molecule has 1 heterocycles. The zero-order valence-corrected chi connectivity index (χ0v) is 12.5. The minimum atomic E-state index is -0.513. The number of benzene rings is 1. The Hall–Kier alpha value is -2.43. The highest BCUT2D eigenvalue weighted by molar-refractivity contribution is 5.85. The van der Waals surface area contributed by atoms with Crippen molar-refractivity contribution in [1.29, 1.82) is 0 Å². The molecule has 112 valence electrons. The van der Waals surface area contributed by atoms with E-state index in [1.165, 1.54) is 0 Å². The maximum absolute atomic E-state index is 11.7. The second kappa shape index (κ2) is 6.35. The van der Waals surface area contributed by atoms with E-state index in [2.05, 4.69) is 10.6 Å². The molecule has 1 aromatic heterocycles. The van der Waals surface area contributed by atoms with E-state index < -0.39 is 11.7 Å². The van der Waals surface area contributed by atoms with Crippen LogP contribution in [0.15, 0.2) is 47.3 Å². The smallest absolute Gasteiger partial charge is 0.412 e. The number of anilines is 2. The van der Waals surface area contributed by atoms with Crippen LogP contribution in [0.25, 0.3) is 0 Å². The monoisotopic (exact) mass is 288 g/mol. The summed E-state index contributed by atoms with van der Waals surface area (Å²) in [6.45, 7) is 6.15. The summed E-state index contributed by atoms with van der Waals surface area (Å²) in [5.74, 6) is 0. The molecule has 21 heavy (non-hydrogen) atoms. The summed E-state index contributed by atoms with van der Waals surface area (Å²) in [7, 11) is 0. The van der Waals surface area contributed by atoms with Crippen molar-refractivity contribution in [1.82, 2.24) is 0 Å². The first kappa shape index (κ1) is 15.0. The third-order valence-corrected chi connectivity index (χ3v) is 2.58. The molecule has 0 bridgehead atoms. The molecule has 2 aromatic rings. The predicted molar refractivity (Wildman–Crippen MR) is 82.3 cm³/mol. The number of amides is 1. The fraction of sp³-hybridized carbons (Fsp3) is 0.312. The summed E-state index contributed by atoms with van der Waals surface area (Å²) >= 11 is 0. The summed E-state index contributed by atoms with van der Waals surface area (Å²) in [5.41, 5.74) is 2.13. The number of nitrogens with one attached hydrogen (secondary N) is 2. The van der Waals surface area contributed by atoms with Crippen LogP contribution in [0.4, 0.5) is 16.2 Å². The van der Waals surface area contributed by atoms with Crippen LogP contribution in [0.2, 0.25) is 0 Å². The van der Waals surface area contributed by atoms with Crippen molar-refractivity contribution in [3.05, 3.63) is 48.4 Å². The van der Waals surface area contributed by atoms with Gasteiger partial charge in [0.25, 0.3) is 0 Å². The highest BCUT2D eigenvalue weighted by Crippen LogP contribution is 2.17. The van der Waals surface area contributed by atoms with Gasteiger partial charge in [-0.25, -0.2) is 4.79 Å². The van der Waals surface area contributed by atoms with Crippen molar-refractivity contribution in [2.45, 2.75) is 32.9 Å². The van der Waals surface area contributed by atoms with Gasteiger partial charge in [0.2, 0.25) is 0 Å². The number of hydrogen-bond acceptors (Lipinski definition) is 4. The Bertz CT molecular complexity index is 586. The molecule has 1 amide bonds. The van der Waals surface area contributed by atoms with E-state index in [4.69, 9.17) is 9.15 Å². The summed E-state index contributed by atoms with van der Waals surface area (Å²) < 4.78 is 10.2. The van der Waals surface area contributed by atoms with E-state index in [-0.39, 0.29) is 0 Å². The molecule has 0 atom stereocenters. The minimum Gasteiger partial charge on any atom is -0.472 e. The van der Waals surface area contributed by atoms with Crippen LogP contribution < -0.4 is 10.6 Å². The van der Waals surface area contributed by atoms with E-state index in [0.717, 1.165) is 11.3 Å². The van der Waals surface area contributed by atoms with Gasteiger partial charge < -0.3 is 14.5 Å². The van der Waals surface area contributed by atoms with Crippen molar-refractivity contribution < 1.29 is 13.9 Å². The lowest BCUT2D eigenvalue weighted by Gasteiger charge is -2.19. The van der Waals surface area contributed by atoms with Gasteiger partial charge in [-0.2, -0.15) is 0 Å². The van der Waals surface area contributed by atoms with Crippen molar-refractivity contribution >= 4 is 17.5 Å². The number of hydrogen-bond donors (Lipinski definition) is 2. The van der Waals surface area contributed by atoms with Gasteiger partial charge in [-0.1, -0.05) is 6.07 Å². The normalized spacial score (nSPS) is 11.0. The second-order valence-corrected chi connectivity index (χ2v) is 5.69. The van der Waals surface area contributed by atoms with Gasteiger partial charge in [-0.05, 0) is 45.0 Å². The molecule has 0 saturated carbocycles. The first-order chi connectivity index (χ1) is 9.92.